The van der Waals surface area contributed by atoms with Crippen molar-refractivity contribution in [1.82, 2.24) is 5.16 Å². The van der Waals surface area contributed by atoms with Gasteiger partial charge < -0.3 is 14.6 Å². The van der Waals surface area contributed by atoms with Crippen LogP contribution >= 0.6 is 0 Å². The fourth-order valence-corrected chi connectivity index (χ4v) is 3.32. The lowest BCUT2D eigenvalue weighted by molar-refractivity contribution is 0.101. The Morgan fingerprint density at radius 2 is 1.65 bits per heavy atom. The maximum atomic E-state index is 12.8. The van der Waals surface area contributed by atoms with Crippen LogP contribution in [-0.4, -0.2) is 11.1 Å². The second-order valence-electron chi connectivity index (χ2n) is 7.52. The topological polar surface area (TPSA) is 64.4 Å². The van der Waals surface area contributed by atoms with E-state index in [1.165, 1.54) is 0 Å². The maximum Gasteiger partial charge on any atom is 0.278 e. The zero-order valence-electron chi connectivity index (χ0n) is 17.8. The molecule has 4 aromatic rings. The highest BCUT2D eigenvalue weighted by Crippen LogP contribution is 2.24. The lowest BCUT2D eigenvalue weighted by Gasteiger charge is -2.10. The molecule has 0 aliphatic rings. The van der Waals surface area contributed by atoms with Gasteiger partial charge in [-0.3, -0.25) is 4.79 Å². The molecule has 0 saturated heterocycles. The van der Waals surface area contributed by atoms with Crippen LogP contribution in [0.25, 0.3) is 11.1 Å². The van der Waals surface area contributed by atoms with Crippen molar-refractivity contribution in [3.63, 3.8) is 0 Å². The second-order valence-corrected chi connectivity index (χ2v) is 7.52. The summed E-state index contributed by atoms with van der Waals surface area (Å²) in [5.74, 6) is 1.02. The van der Waals surface area contributed by atoms with Crippen LogP contribution in [0.15, 0.2) is 77.3 Å². The van der Waals surface area contributed by atoms with E-state index in [9.17, 15) is 4.79 Å². The predicted octanol–water partition coefficient (Wildman–Crippen LogP) is 6.10. The molecule has 0 aliphatic carbocycles. The average molecular weight is 412 g/mol. The third-order valence-corrected chi connectivity index (χ3v) is 5.17. The van der Waals surface area contributed by atoms with Gasteiger partial charge in [-0.25, -0.2) is 0 Å². The molecule has 1 heterocycles. The first-order chi connectivity index (χ1) is 15.0. The standard InChI is InChI=1S/C26H24N2O3/c1-17-9-10-18(2)24(15-17)30-16-23-19(3)31-28-25(23)26(29)27-22-13-11-21(12-14-22)20-7-5-4-6-8-20/h4-15H,16H2,1-3H3,(H,27,29). The fourth-order valence-electron chi connectivity index (χ4n) is 3.32. The van der Waals surface area contributed by atoms with Crippen molar-refractivity contribution in [2.75, 3.05) is 5.32 Å². The molecule has 5 heteroatoms. The highest BCUT2D eigenvalue weighted by Gasteiger charge is 2.21. The molecule has 0 bridgehead atoms. The lowest BCUT2D eigenvalue weighted by Crippen LogP contribution is -2.15. The molecule has 0 radical (unpaired) electrons. The van der Waals surface area contributed by atoms with E-state index in [2.05, 4.69) is 10.5 Å². The van der Waals surface area contributed by atoms with E-state index < -0.39 is 0 Å². The van der Waals surface area contributed by atoms with Crippen LogP contribution in [0.3, 0.4) is 0 Å². The minimum atomic E-state index is -0.330. The number of amides is 1. The Morgan fingerprint density at radius 3 is 2.39 bits per heavy atom. The summed E-state index contributed by atoms with van der Waals surface area (Å²) in [7, 11) is 0. The largest absolute Gasteiger partial charge is 0.488 e. The van der Waals surface area contributed by atoms with Crippen LogP contribution in [0.2, 0.25) is 0 Å². The number of nitrogens with one attached hydrogen (secondary N) is 1. The number of hydrogen-bond acceptors (Lipinski definition) is 4. The van der Waals surface area contributed by atoms with E-state index in [1.54, 1.807) is 6.92 Å². The predicted molar refractivity (Wildman–Crippen MR) is 121 cm³/mol. The molecule has 0 unspecified atom stereocenters. The fraction of sp³-hybridized carbons (Fsp3) is 0.154. The number of benzene rings is 3. The van der Waals surface area contributed by atoms with Gasteiger partial charge in [0.05, 0.1) is 5.56 Å². The number of anilines is 1. The number of carbonyl (C=O) groups excluding carboxylic acids is 1. The van der Waals surface area contributed by atoms with Gasteiger partial charge in [-0.05, 0) is 61.2 Å². The molecule has 0 aliphatic heterocycles. The summed E-state index contributed by atoms with van der Waals surface area (Å²) >= 11 is 0. The number of aromatic nitrogens is 1. The van der Waals surface area contributed by atoms with Crippen LogP contribution in [0, 0.1) is 20.8 Å². The third-order valence-electron chi connectivity index (χ3n) is 5.17. The number of aryl methyl sites for hydroxylation is 3. The molecule has 31 heavy (non-hydrogen) atoms. The van der Waals surface area contributed by atoms with Crippen molar-refractivity contribution in [3.8, 4) is 16.9 Å². The van der Waals surface area contributed by atoms with Gasteiger partial charge in [0, 0.05) is 5.69 Å². The van der Waals surface area contributed by atoms with Crippen molar-refractivity contribution in [2.24, 2.45) is 0 Å². The molecule has 5 nitrogen and oxygen atoms in total. The summed E-state index contributed by atoms with van der Waals surface area (Å²) in [6.07, 6.45) is 0. The molecule has 1 aromatic heterocycles. The van der Waals surface area contributed by atoms with E-state index >= 15 is 0 Å². The first-order valence-electron chi connectivity index (χ1n) is 10.1. The minimum Gasteiger partial charge on any atom is -0.488 e. The van der Waals surface area contributed by atoms with Gasteiger partial charge in [0.2, 0.25) is 0 Å². The molecule has 4 rings (SSSR count). The van der Waals surface area contributed by atoms with Crippen molar-refractivity contribution in [1.29, 1.82) is 0 Å². The van der Waals surface area contributed by atoms with Gasteiger partial charge >= 0.3 is 0 Å². The quantitative estimate of drug-likeness (QED) is 0.416. The lowest BCUT2D eigenvalue weighted by atomic mass is 10.1. The van der Waals surface area contributed by atoms with Gasteiger partial charge in [-0.1, -0.05) is 59.8 Å². The molecule has 0 atom stereocenters. The molecule has 0 saturated carbocycles. The Morgan fingerprint density at radius 1 is 0.935 bits per heavy atom. The summed E-state index contributed by atoms with van der Waals surface area (Å²) in [4.78, 5) is 12.8. The van der Waals surface area contributed by atoms with Gasteiger partial charge in [-0.15, -0.1) is 0 Å². The summed E-state index contributed by atoms with van der Waals surface area (Å²) in [6.45, 7) is 5.98. The van der Waals surface area contributed by atoms with E-state index in [0.29, 0.717) is 17.0 Å². The van der Waals surface area contributed by atoms with Gasteiger partial charge in [-0.2, -0.15) is 0 Å². The smallest absolute Gasteiger partial charge is 0.278 e. The Bertz CT molecular complexity index is 1200. The third kappa shape index (κ3) is 4.67. The van der Waals surface area contributed by atoms with Crippen LogP contribution in [0.1, 0.15) is 32.9 Å². The SMILES string of the molecule is Cc1ccc(C)c(OCc2c(C(=O)Nc3ccc(-c4ccccc4)cc3)noc2C)c1. The van der Waals surface area contributed by atoms with Gasteiger partial charge in [0.25, 0.3) is 5.91 Å². The molecular weight excluding hydrogens is 388 g/mol. The Kier molecular flexibility index (Phi) is 5.85. The minimum absolute atomic E-state index is 0.204. The van der Waals surface area contributed by atoms with Crippen LogP contribution in [0.5, 0.6) is 5.75 Å². The summed E-state index contributed by atoms with van der Waals surface area (Å²) in [6, 6.07) is 23.8. The van der Waals surface area contributed by atoms with Crippen molar-refractivity contribution in [2.45, 2.75) is 27.4 Å². The van der Waals surface area contributed by atoms with Crippen LogP contribution in [-0.2, 0) is 6.61 Å². The first kappa shape index (κ1) is 20.4. The van der Waals surface area contributed by atoms with E-state index in [0.717, 1.165) is 28.0 Å². The highest BCUT2D eigenvalue weighted by atomic mass is 16.5. The number of rotatable bonds is 6. The zero-order chi connectivity index (χ0) is 21.8. The summed E-state index contributed by atoms with van der Waals surface area (Å²) in [5.41, 5.74) is 5.90. The molecular formula is C26H24N2O3. The maximum absolute atomic E-state index is 12.8. The Balaban J connectivity index is 1.47. The zero-order valence-corrected chi connectivity index (χ0v) is 17.8. The molecule has 0 spiro atoms. The van der Waals surface area contributed by atoms with Crippen molar-refractivity contribution < 1.29 is 14.1 Å². The normalized spacial score (nSPS) is 10.7. The number of carbonyl (C=O) groups is 1. The summed E-state index contributed by atoms with van der Waals surface area (Å²) in [5, 5.41) is 6.85. The molecule has 156 valence electrons. The van der Waals surface area contributed by atoms with Crippen LogP contribution in [0.4, 0.5) is 5.69 Å². The van der Waals surface area contributed by atoms with Crippen LogP contribution < -0.4 is 10.1 Å². The van der Waals surface area contributed by atoms with Crippen molar-refractivity contribution >= 4 is 11.6 Å². The first-order valence-corrected chi connectivity index (χ1v) is 10.1. The molecule has 0 fully saturated rings. The van der Waals surface area contributed by atoms with E-state index in [1.807, 2.05) is 86.6 Å². The van der Waals surface area contributed by atoms with E-state index in [-0.39, 0.29) is 18.2 Å². The number of nitrogens with zero attached hydrogens (tertiary/aromatic N) is 1. The molecule has 1 N–H and O–H groups in total. The number of hydrogen-bond donors (Lipinski definition) is 1. The second kappa shape index (κ2) is 8.88. The van der Waals surface area contributed by atoms with Gasteiger partial charge in [0.1, 0.15) is 18.1 Å². The van der Waals surface area contributed by atoms with E-state index in [4.69, 9.17) is 9.26 Å². The number of ether oxygens (including phenoxy) is 1. The highest BCUT2D eigenvalue weighted by molar-refractivity contribution is 6.04. The molecule has 1 amide bonds. The summed E-state index contributed by atoms with van der Waals surface area (Å²) < 4.78 is 11.3. The Labute approximate surface area is 181 Å². The van der Waals surface area contributed by atoms with Crippen molar-refractivity contribution in [3.05, 3.63) is 101 Å². The molecule has 3 aromatic carbocycles. The Hall–Kier alpha value is -3.86. The monoisotopic (exact) mass is 412 g/mol. The average Bonchev–Trinajstić information content (AvgIpc) is 3.16. The van der Waals surface area contributed by atoms with Gasteiger partial charge in [0.15, 0.2) is 5.69 Å².